The number of carboxylic acids is 1. The van der Waals surface area contributed by atoms with Gasteiger partial charge in [-0.2, -0.15) is 13.2 Å². The summed E-state index contributed by atoms with van der Waals surface area (Å²) in [4.78, 5) is 30.6. The maximum absolute atomic E-state index is 12.6. The molecule has 3 aliphatic rings. The Morgan fingerprint density at radius 2 is 1.96 bits per heavy atom. The summed E-state index contributed by atoms with van der Waals surface area (Å²) in [5, 5.41) is 7.12. The van der Waals surface area contributed by atoms with Gasteiger partial charge in [0.25, 0.3) is 5.91 Å². The van der Waals surface area contributed by atoms with Gasteiger partial charge in [0.2, 0.25) is 0 Å². The summed E-state index contributed by atoms with van der Waals surface area (Å²) >= 11 is 0. The van der Waals surface area contributed by atoms with E-state index in [1.54, 1.807) is 4.90 Å². The minimum absolute atomic E-state index is 0.240. The van der Waals surface area contributed by atoms with Crippen molar-refractivity contribution in [1.82, 2.24) is 9.80 Å². The van der Waals surface area contributed by atoms with Crippen LogP contribution in [0.4, 0.5) is 13.2 Å². The lowest BCUT2D eigenvalue weighted by Gasteiger charge is -2.27. The summed E-state index contributed by atoms with van der Waals surface area (Å²) in [6.07, 6.45) is -2.96. The largest absolute Gasteiger partial charge is 0.490 e. The number of amides is 1. The molecular weight excluding hydrogens is 351 g/mol. The van der Waals surface area contributed by atoms with Crippen molar-refractivity contribution in [3.8, 4) is 0 Å². The molecule has 2 aliphatic heterocycles. The minimum Gasteiger partial charge on any atom is -0.475 e. The van der Waals surface area contributed by atoms with Gasteiger partial charge in [-0.3, -0.25) is 9.79 Å². The summed E-state index contributed by atoms with van der Waals surface area (Å²) in [6.45, 7) is 9.85. The summed E-state index contributed by atoms with van der Waals surface area (Å²) in [7, 11) is 1.87. The van der Waals surface area contributed by atoms with E-state index in [4.69, 9.17) is 14.9 Å². The van der Waals surface area contributed by atoms with Crippen LogP contribution >= 0.6 is 0 Å². The van der Waals surface area contributed by atoms with Gasteiger partial charge in [0, 0.05) is 32.6 Å². The van der Waals surface area contributed by atoms with E-state index in [0.717, 1.165) is 38.3 Å². The third-order valence-electron chi connectivity index (χ3n) is 5.41. The van der Waals surface area contributed by atoms with Crippen LogP contribution in [0.3, 0.4) is 0 Å². The molecule has 0 aromatic rings. The maximum atomic E-state index is 12.6. The van der Waals surface area contributed by atoms with Crippen molar-refractivity contribution in [2.24, 2.45) is 22.7 Å². The molecule has 148 valence electrons. The summed E-state index contributed by atoms with van der Waals surface area (Å²) in [5.74, 6) is 0.190. The Kier molecular flexibility index (Phi) is 5.70. The first-order chi connectivity index (χ1) is 11.9. The standard InChI is InChI=1S/C15H25N3O.C2HF3O2/c1-10(2)7-18-8-12-5-6-15(13(12)9-18)14(19)17(4)11(3)16-15;3-2(4,5)1(6)7/h10,12-13H,5-9H2,1-4H3;(H,6,7)/t12-,13+,15-;/m1./s1. The SMILES string of the molecule is CC1=N[C@@]2(CC[C@@H]3CN(CC(C)C)C[C@@H]32)C(=O)N1C.O=C(O)C(F)(F)F. The number of likely N-dealkylation sites (tertiary alicyclic amines) is 1. The molecule has 0 unspecified atom stereocenters. The number of carbonyl (C=O) groups is 2. The molecule has 6 nitrogen and oxygen atoms in total. The molecule has 1 N–H and O–H groups in total. The van der Waals surface area contributed by atoms with Gasteiger partial charge >= 0.3 is 12.1 Å². The van der Waals surface area contributed by atoms with Crippen LogP contribution in [0, 0.1) is 17.8 Å². The molecule has 0 radical (unpaired) electrons. The molecule has 1 aliphatic carbocycles. The Labute approximate surface area is 151 Å². The van der Waals surface area contributed by atoms with E-state index in [0.29, 0.717) is 17.8 Å². The van der Waals surface area contributed by atoms with E-state index in [-0.39, 0.29) is 5.91 Å². The number of aliphatic imine (C=N–C) groups is 1. The third kappa shape index (κ3) is 3.87. The van der Waals surface area contributed by atoms with Gasteiger partial charge in [-0.05, 0) is 31.6 Å². The van der Waals surface area contributed by atoms with E-state index in [1.807, 2.05) is 14.0 Å². The number of fused-ring (bicyclic) bond motifs is 2. The molecular formula is C17H26F3N3O3. The van der Waals surface area contributed by atoms with Gasteiger partial charge in [0.05, 0.1) is 0 Å². The quantitative estimate of drug-likeness (QED) is 0.801. The minimum atomic E-state index is -5.08. The van der Waals surface area contributed by atoms with Crippen LogP contribution in [-0.2, 0) is 9.59 Å². The predicted octanol–water partition coefficient (Wildman–Crippen LogP) is 2.25. The smallest absolute Gasteiger partial charge is 0.475 e. The Morgan fingerprint density at radius 3 is 2.38 bits per heavy atom. The predicted molar refractivity (Wildman–Crippen MR) is 89.8 cm³/mol. The number of carbonyl (C=O) groups excluding carboxylic acids is 1. The molecule has 1 spiro atoms. The number of halogens is 3. The first-order valence-electron chi connectivity index (χ1n) is 8.75. The van der Waals surface area contributed by atoms with Crippen molar-refractivity contribution in [1.29, 1.82) is 0 Å². The molecule has 1 saturated carbocycles. The van der Waals surface area contributed by atoms with Gasteiger partial charge in [0.1, 0.15) is 11.4 Å². The first-order valence-corrected chi connectivity index (χ1v) is 8.75. The summed E-state index contributed by atoms with van der Waals surface area (Å²) in [6, 6.07) is 0. The zero-order chi connectivity index (χ0) is 19.9. The molecule has 9 heteroatoms. The Hall–Kier alpha value is -1.64. The maximum Gasteiger partial charge on any atom is 0.490 e. The number of rotatable bonds is 2. The first kappa shape index (κ1) is 20.7. The van der Waals surface area contributed by atoms with Gasteiger partial charge < -0.3 is 14.9 Å². The molecule has 0 aromatic carbocycles. The molecule has 2 heterocycles. The monoisotopic (exact) mass is 377 g/mol. The van der Waals surface area contributed by atoms with Crippen LogP contribution in [0.1, 0.15) is 33.6 Å². The molecule has 0 bridgehead atoms. The normalized spacial score (nSPS) is 31.3. The second-order valence-corrected chi connectivity index (χ2v) is 7.77. The number of hydrogen-bond acceptors (Lipinski definition) is 4. The number of hydrogen-bond donors (Lipinski definition) is 1. The van der Waals surface area contributed by atoms with Crippen molar-refractivity contribution in [2.45, 2.75) is 45.3 Å². The van der Waals surface area contributed by atoms with Crippen molar-refractivity contribution < 1.29 is 27.9 Å². The highest BCUT2D eigenvalue weighted by Crippen LogP contribution is 2.50. The average molecular weight is 377 g/mol. The Balaban J connectivity index is 0.000000298. The molecule has 3 atom stereocenters. The Bertz CT molecular complexity index is 606. The fourth-order valence-corrected chi connectivity index (χ4v) is 4.30. The zero-order valence-electron chi connectivity index (χ0n) is 15.5. The van der Waals surface area contributed by atoms with Crippen LogP contribution in [0.2, 0.25) is 0 Å². The highest BCUT2D eigenvalue weighted by Gasteiger charge is 2.59. The van der Waals surface area contributed by atoms with Crippen LogP contribution in [0.15, 0.2) is 4.99 Å². The lowest BCUT2D eigenvalue weighted by molar-refractivity contribution is -0.192. The molecule has 0 aromatic heterocycles. The molecule has 1 saturated heterocycles. The molecule has 26 heavy (non-hydrogen) atoms. The van der Waals surface area contributed by atoms with Crippen LogP contribution in [-0.4, -0.2) is 71.0 Å². The topological polar surface area (TPSA) is 73.2 Å². The highest BCUT2D eigenvalue weighted by molar-refractivity contribution is 6.07. The van der Waals surface area contributed by atoms with Crippen molar-refractivity contribution in [2.75, 3.05) is 26.7 Å². The van der Waals surface area contributed by atoms with Crippen molar-refractivity contribution >= 4 is 17.7 Å². The highest BCUT2D eigenvalue weighted by atomic mass is 19.4. The fourth-order valence-electron chi connectivity index (χ4n) is 4.30. The van der Waals surface area contributed by atoms with Gasteiger partial charge in [-0.1, -0.05) is 13.8 Å². The molecule has 1 amide bonds. The van der Waals surface area contributed by atoms with E-state index in [9.17, 15) is 18.0 Å². The lowest BCUT2D eigenvalue weighted by Crippen LogP contribution is -2.45. The van der Waals surface area contributed by atoms with Crippen LogP contribution in [0.25, 0.3) is 0 Å². The second kappa shape index (κ2) is 7.17. The van der Waals surface area contributed by atoms with Gasteiger partial charge in [-0.15, -0.1) is 0 Å². The number of aliphatic carboxylic acids is 1. The number of nitrogens with zero attached hydrogens (tertiary/aromatic N) is 3. The van der Waals surface area contributed by atoms with Gasteiger partial charge in [0.15, 0.2) is 0 Å². The average Bonchev–Trinajstić information content (AvgIpc) is 3.10. The van der Waals surface area contributed by atoms with Crippen molar-refractivity contribution in [3.63, 3.8) is 0 Å². The lowest BCUT2D eigenvalue weighted by atomic mass is 9.85. The van der Waals surface area contributed by atoms with E-state index >= 15 is 0 Å². The number of alkyl halides is 3. The molecule has 3 rings (SSSR count). The number of amidine groups is 1. The van der Waals surface area contributed by atoms with E-state index in [2.05, 4.69) is 18.7 Å². The fraction of sp³-hybridized carbons (Fsp3) is 0.824. The van der Waals surface area contributed by atoms with Gasteiger partial charge in [-0.25, -0.2) is 4.79 Å². The second-order valence-electron chi connectivity index (χ2n) is 7.77. The van der Waals surface area contributed by atoms with Crippen molar-refractivity contribution in [3.05, 3.63) is 0 Å². The number of carboxylic acid groups (broad SMARTS) is 1. The summed E-state index contributed by atoms with van der Waals surface area (Å²) in [5.41, 5.74) is -0.408. The zero-order valence-corrected chi connectivity index (χ0v) is 15.5. The number of likely N-dealkylation sites (N-methyl/N-ethyl adjacent to an activating group) is 1. The molecule has 2 fully saturated rings. The third-order valence-corrected chi connectivity index (χ3v) is 5.41. The van der Waals surface area contributed by atoms with Crippen LogP contribution < -0.4 is 0 Å². The van der Waals surface area contributed by atoms with E-state index in [1.165, 1.54) is 0 Å². The summed E-state index contributed by atoms with van der Waals surface area (Å²) < 4.78 is 31.7. The Morgan fingerprint density at radius 1 is 1.38 bits per heavy atom. The van der Waals surface area contributed by atoms with E-state index < -0.39 is 17.7 Å². The van der Waals surface area contributed by atoms with Crippen LogP contribution in [0.5, 0.6) is 0 Å².